The highest BCUT2D eigenvalue weighted by atomic mass is 16.5. The summed E-state index contributed by atoms with van der Waals surface area (Å²) in [6.45, 7) is 4.88. The fraction of sp³-hybridized carbons (Fsp3) is 0.318. The van der Waals surface area contributed by atoms with E-state index in [0.717, 1.165) is 38.3 Å². The number of hydrogen-bond acceptors (Lipinski definition) is 6. The first kappa shape index (κ1) is 20.7. The van der Waals surface area contributed by atoms with E-state index in [0.29, 0.717) is 12.1 Å². The number of piperazine rings is 1. The summed E-state index contributed by atoms with van der Waals surface area (Å²) in [5.41, 5.74) is 5.13. The number of nitrogens with zero attached hydrogens (tertiary/aromatic N) is 3. The smallest absolute Gasteiger partial charge is 0.337 e. The van der Waals surface area contributed by atoms with Crippen molar-refractivity contribution in [1.82, 2.24) is 15.2 Å². The Kier molecular flexibility index (Phi) is 7.49. The van der Waals surface area contributed by atoms with Crippen molar-refractivity contribution in [1.29, 1.82) is 0 Å². The molecule has 7 heteroatoms. The molecule has 0 atom stereocenters. The van der Waals surface area contributed by atoms with Crippen molar-refractivity contribution < 1.29 is 14.3 Å². The molecule has 0 bridgehead atoms. The first-order chi connectivity index (χ1) is 14.1. The van der Waals surface area contributed by atoms with Crippen LogP contribution < -0.4 is 5.43 Å². The van der Waals surface area contributed by atoms with Crippen LogP contribution in [0.1, 0.15) is 21.5 Å². The minimum Gasteiger partial charge on any atom is -0.465 e. The zero-order valence-corrected chi connectivity index (χ0v) is 16.6. The van der Waals surface area contributed by atoms with E-state index in [-0.39, 0.29) is 11.9 Å². The molecule has 0 saturated carbocycles. The third kappa shape index (κ3) is 6.51. The number of ether oxygens (including phenoxy) is 1. The molecular weight excluding hydrogens is 368 g/mol. The van der Waals surface area contributed by atoms with Crippen molar-refractivity contribution in [3.63, 3.8) is 0 Å². The Morgan fingerprint density at radius 1 is 1.00 bits per heavy atom. The lowest BCUT2D eigenvalue weighted by molar-refractivity contribution is -0.122. The van der Waals surface area contributed by atoms with E-state index in [1.165, 1.54) is 12.7 Å². The maximum atomic E-state index is 12.1. The van der Waals surface area contributed by atoms with E-state index in [4.69, 9.17) is 0 Å². The van der Waals surface area contributed by atoms with Gasteiger partial charge in [-0.2, -0.15) is 5.10 Å². The molecule has 1 N–H and O–H groups in total. The SMILES string of the molecule is COC(=O)c1ccc(/C=N/NC(=O)CN2CCN(Cc3ccccc3)CC2)cc1. The summed E-state index contributed by atoms with van der Waals surface area (Å²) in [6.07, 6.45) is 1.55. The molecule has 1 saturated heterocycles. The summed E-state index contributed by atoms with van der Waals surface area (Å²) in [6, 6.07) is 17.2. The van der Waals surface area contributed by atoms with Gasteiger partial charge in [-0.3, -0.25) is 14.6 Å². The molecule has 2 aromatic carbocycles. The van der Waals surface area contributed by atoms with Gasteiger partial charge in [0, 0.05) is 32.7 Å². The second kappa shape index (κ2) is 10.5. The zero-order chi connectivity index (χ0) is 20.5. The average molecular weight is 394 g/mol. The summed E-state index contributed by atoms with van der Waals surface area (Å²) in [5, 5.41) is 3.99. The van der Waals surface area contributed by atoms with Crippen LogP contribution in [0.25, 0.3) is 0 Å². The van der Waals surface area contributed by atoms with Gasteiger partial charge in [0.25, 0.3) is 5.91 Å². The van der Waals surface area contributed by atoms with Crippen molar-refractivity contribution in [2.75, 3.05) is 39.8 Å². The molecule has 0 aliphatic carbocycles. The molecule has 1 heterocycles. The van der Waals surface area contributed by atoms with Gasteiger partial charge in [0.05, 0.1) is 25.4 Å². The van der Waals surface area contributed by atoms with Gasteiger partial charge >= 0.3 is 5.97 Å². The molecule has 152 valence electrons. The minimum absolute atomic E-state index is 0.135. The van der Waals surface area contributed by atoms with Gasteiger partial charge in [-0.15, -0.1) is 0 Å². The Morgan fingerprint density at radius 3 is 2.31 bits per heavy atom. The average Bonchev–Trinajstić information content (AvgIpc) is 2.76. The Hall–Kier alpha value is -3.03. The van der Waals surface area contributed by atoms with Crippen LogP contribution in [-0.2, 0) is 16.1 Å². The maximum absolute atomic E-state index is 12.1. The molecule has 0 spiro atoms. The molecule has 0 radical (unpaired) electrons. The summed E-state index contributed by atoms with van der Waals surface area (Å²) in [7, 11) is 1.34. The fourth-order valence-electron chi connectivity index (χ4n) is 3.19. The molecule has 1 fully saturated rings. The van der Waals surface area contributed by atoms with Crippen LogP contribution in [-0.4, -0.2) is 67.7 Å². The van der Waals surface area contributed by atoms with Crippen LogP contribution in [0.15, 0.2) is 59.7 Å². The monoisotopic (exact) mass is 394 g/mol. The van der Waals surface area contributed by atoms with Crippen LogP contribution in [0.3, 0.4) is 0 Å². The van der Waals surface area contributed by atoms with Gasteiger partial charge in [0.2, 0.25) is 0 Å². The van der Waals surface area contributed by atoms with Crippen LogP contribution in [0.4, 0.5) is 0 Å². The van der Waals surface area contributed by atoms with Gasteiger partial charge < -0.3 is 4.74 Å². The normalized spacial score (nSPS) is 15.3. The Morgan fingerprint density at radius 2 is 1.66 bits per heavy atom. The van der Waals surface area contributed by atoms with Gasteiger partial charge in [-0.25, -0.2) is 10.2 Å². The third-order valence-corrected chi connectivity index (χ3v) is 4.82. The molecule has 0 unspecified atom stereocenters. The van der Waals surface area contributed by atoms with Crippen molar-refractivity contribution >= 4 is 18.1 Å². The Balaban J connectivity index is 1.38. The van der Waals surface area contributed by atoms with Crippen LogP contribution in [0, 0.1) is 0 Å². The second-order valence-corrected chi connectivity index (χ2v) is 6.94. The van der Waals surface area contributed by atoms with Crippen LogP contribution >= 0.6 is 0 Å². The van der Waals surface area contributed by atoms with Gasteiger partial charge in [-0.1, -0.05) is 42.5 Å². The summed E-state index contributed by atoms with van der Waals surface area (Å²) < 4.78 is 4.66. The highest BCUT2D eigenvalue weighted by molar-refractivity contribution is 5.90. The van der Waals surface area contributed by atoms with E-state index < -0.39 is 0 Å². The number of amides is 1. The molecule has 1 aliphatic rings. The van der Waals surface area contributed by atoms with E-state index in [1.54, 1.807) is 30.5 Å². The van der Waals surface area contributed by atoms with Crippen LogP contribution in [0.2, 0.25) is 0 Å². The molecule has 0 aromatic heterocycles. The summed E-state index contributed by atoms with van der Waals surface area (Å²) in [4.78, 5) is 28.1. The largest absolute Gasteiger partial charge is 0.465 e. The van der Waals surface area contributed by atoms with Crippen molar-refractivity contribution in [2.45, 2.75) is 6.54 Å². The molecule has 29 heavy (non-hydrogen) atoms. The number of carbonyl (C=O) groups excluding carboxylic acids is 2. The predicted octanol–water partition coefficient (Wildman–Crippen LogP) is 1.74. The minimum atomic E-state index is -0.384. The van der Waals surface area contributed by atoms with Gasteiger partial charge in [-0.05, 0) is 23.3 Å². The number of hydrogen-bond donors (Lipinski definition) is 1. The van der Waals surface area contributed by atoms with Crippen molar-refractivity contribution in [3.8, 4) is 0 Å². The summed E-state index contributed by atoms with van der Waals surface area (Å²) >= 11 is 0. The number of carbonyl (C=O) groups is 2. The predicted molar refractivity (Wildman–Crippen MR) is 112 cm³/mol. The van der Waals surface area contributed by atoms with E-state index in [1.807, 2.05) is 6.07 Å². The number of benzene rings is 2. The maximum Gasteiger partial charge on any atom is 0.337 e. The topological polar surface area (TPSA) is 74.2 Å². The first-order valence-corrected chi connectivity index (χ1v) is 9.63. The van der Waals surface area contributed by atoms with E-state index in [2.05, 4.69) is 49.3 Å². The number of nitrogens with one attached hydrogen (secondary N) is 1. The Bertz CT molecular complexity index is 829. The number of rotatable bonds is 7. The molecule has 3 rings (SSSR count). The van der Waals surface area contributed by atoms with Crippen LogP contribution in [0.5, 0.6) is 0 Å². The van der Waals surface area contributed by atoms with Gasteiger partial charge in [0.15, 0.2) is 0 Å². The first-order valence-electron chi connectivity index (χ1n) is 9.63. The lowest BCUT2D eigenvalue weighted by Gasteiger charge is -2.34. The standard InChI is InChI=1S/C22H26N4O3/c1-29-22(28)20-9-7-18(8-10-20)15-23-24-21(27)17-26-13-11-25(12-14-26)16-19-5-3-2-4-6-19/h2-10,15H,11-14,16-17H2,1H3,(H,24,27)/b23-15+. The van der Waals surface area contributed by atoms with E-state index >= 15 is 0 Å². The van der Waals surface area contributed by atoms with Crippen molar-refractivity contribution in [2.24, 2.45) is 5.10 Å². The highest BCUT2D eigenvalue weighted by Crippen LogP contribution is 2.08. The molecule has 2 aromatic rings. The molecule has 1 amide bonds. The molecule has 7 nitrogen and oxygen atoms in total. The quantitative estimate of drug-likeness (QED) is 0.440. The van der Waals surface area contributed by atoms with Gasteiger partial charge in [0.1, 0.15) is 0 Å². The number of esters is 1. The number of methoxy groups -OCH3 is 1. The molecular formula is C22H26N4O3. The number of hydrazone groups is 1. The Labute approximate surface area is 171 Å². The highest BCUT2D eigenvalue weighted by Gasteiger charge is 2.18. The zero-order valence-electron chi connectivity index (χ0n) is 16.6. The third-order valence-electron chi connectivity index (χ3n) is 4.82. The molecule has 1 aliphatic heterocycles. The lowest BCUT2D eigenvalue weighted by atomic mass is 10.1. The second-order valence-electron chi connectivity index (χ2n) is 6.94. The lowest BCUT2D eigenvalue weighted by Crippen LogP contribution is -2.48. The summed E-state index contributed by atoms with van der Waals surface area (Å²) in [5.74, 6) is -0.519. The van der Waals surface area contributed by atoms with Crippen molar-refractivity contribution in [3.05, 3.63) is 71.3 Å². The van der Waals surface area contributed by atoms with E-state index in [9.17, 15) is 9.59 Å². The fourth-order valence-corrected chi connectivity index (χ4v) is 3.19.